The van der Waals surface area contributed by atoms with Gasteiger partial charge in [0, 0.05) is 67.5 Å². The van der Waals surface area contributed by atoms with E-state index < -0.39 is 0 Å². The Hall–Kier alpha value is -12.4. The molecule has 0 atom stereocenters. The van der Waals surface area contributed by atoms with Gasteiger partial charge in [-0.3, -0.25) is 9.80 Å². The molecule has 0 unspecified atom stereocenters. The summed E-state index contributed by atoms with van der Waals surface area (Å²) in [5.74, 6) is 1.75. The first-order valence-corrected chi connectivity index (χ1v) is 32.1. The predicted octanol–water partition coefficient (Wildman–Crippen LogP) is 24.8. The van der Waals surface area contributed by atoms with E-state index in [-0.39, 0.29) is 0 Å². The molecule has 94 heavy (non-hydrogen) atoms. The number of fused-ring (bicyclic) bond motifs is 2. The number of hydrogen-bond acceptors (Lipinski definition) is 6. The second-order valence-electron chi connectivity index (χ2n) is 24.1. The molecular weight excluding hydrogens is 1140 g/mol. The Morgan fingerprint density at radius 1 is 0.202 bits per heavy atom. The van der Waals surface area contributed by atoms with Crippen LogP contribution in [0.1, 0.15) is 11.1 Å². The van der Waals surface area contributed by atoms with Crippen LogP contribution in [0.2, 0.25) is 0 Å². The van der Waals surface area contributed by atoms with Crippen LogP contribution in [-0.2, 0) is 0 Å². The van der Waals surface area contributed by atoms with Crippen LogP contribution >= 0.6 is 0 Å². The van der Waals surface area contributed by atoms with Crippen molar-refractivity contribution in [1.29, 1.82) is 0 Å². The number of hydrogen-bond donors (Lipinski definition) is 0. The van der Waals surface area contributed by atoms with Crippen LogP contribution in [-0.4, -0.2) is 9.97 Å². The van der Waals surface area contributed by atoms with Crippen molar-refractivity contribution < 1.29 is 0 Å². The normalized spacial score (nSPS) is 11.5. The summed E-state index contributed by atoms with van der Waals surface area (Å²) in [7, 11) is 0. The molecular formula is C88H62N6. The molecule has 0 radical (unpaired) electrons. The van der Waals surface area contributed by atoms with Crippen molar-refractivity contribution in [2.75, 3.05) is 19.6 Å². The highest BCUT2D eigenvalue weighted by Gasteiger charge is 2.27. The third-order valence-corrected chi connectivity index (χ3v) is 18.7. The summed E-state index contributed by atoms with van der Waals surface area (Å²) in [5, 5.41) is 19.7. The Bertz CT molecular complexity index is 5320. The number of para-hydroxylation sites is 4. The maximum Gasteiger partial charge on any atom is 0.137 e. The van der Waals surface area contributed by atoms with Gasteiger partial charge in [0.15, 0.2) is 0 Å². The number of anilines is 12. The van der Waals surface area contributed by atoms with Crippen LogP contribution in [0.15, 0.2) is 340 Å². The fourth-order valence-corrected chi connectivity index (χ4v) is 14.5. The van der Waals surface area contributed by atoms with E-state index in [2.05, 4.69) is 349 Å². The number of aromatic nitrogens is 2. The lowest BCUT2D eigenvalue weighted by atomic mass is 9.88. The minimum absolute atomic E-state index is 0.877. The number of nitrogens with zero attached hydrogens (tertiary/aromatic N) is 6. The molecule has 2 aromatic heterocycles. The van der Waals surface area contributed by atoms with E-state index in [1.54, 1.807) is 0 Å². The summed E-state index contributed by atoms with van der Waals surface area (Å²) in [4.78, 5) is 19.3. The van der Waals surface area contributed by atoms with Crippen molar-refractivity contribution >= 4 is 155 Å². The summed E-state index contributed by atoms with van der Waals surface area (Å²) in [6, 6.07) is 117. The lowest BCUT2D eigenvalue weighted by Crippen LogP contribution is -2.14. The smallest absolute Gasteiger partial charge is 0.137 e. The monoisotopic (exact) mass is 1200 g/mol. The van der Waals surface area contributed by atoms with Gasteiger partial charge >= 0.3 is 0 Å². The molecule has 0 saturated heterocycles. The molecule has 0 amide bonds. The van der Waals surface area contributed by atoms with E-state index in [0.717, 1.165) is 57.1 Å². The van der Waals surface area contributed by atoms with Crippen LogP contribution in [0.5, 0.6) is 0 Å². The molecule has 0 spiro atoms. The van der Waals surface area contributed by atoms with Gasteiger partial charge in [-0.2, -0.15) is 0 Å². The average Bonchev–Trinajstić information content (AvgIpc) is 0.719. The van der Waals surface area contributed by atoms with Crippen molar-refractivity contribution in [3.05, 3.63) is 351 Å². The molecule has 0 fully saturated rings. The molecule has 0 aliphatic carbocycles. The van der Waals surface area contributed by atoms with Crippen molar-refractivity contribution in [2.45, 2.75) is 13.8 Å². The molecule has 0 saturated carbocycles. The Morgan fingerprint density at radius 3 is 0.894 bits per heavy atom. The third-order valence-electron chi connectivity index (χ3n) is 18.7. The lowest BCUT2D eigenvalue weighted by molar-refractivity contribution is 1.19. The maximum absolute atomic E-state index is 4.93. The predicted molar refractivity (Wildman–Crippen MR) is 399 cm³/mol. The average molecular weight is 1200 g/mol. The van der Waals surface area contributed by atoms with E-state index >= 15 is 0 Å². The van der Waals surface area contributed by atoms with E-state index in [4.69, 9.17) is 9.97 Å². The first kappa shape index (κ1) is 55.7. The summed E-state index contributed by atoms with van der Waals surface area (Å²) < 4.78 is 0. The van der Waals surface area contributed by atoms with Crippen LogP contribution in [0.3, 0.4) is 0 Å². The van der Waals surface area contributed by atoms with Crippen molar-refractivity contribution in [3.63, 3.8) is 0 Å². The van der Waals surface area contributed by atoms with E-state index in [1.165, 1.54) is 109 Å². The molecule has 2 heterocycles. The topological polar surface area (TPSA) is 38.7 Å². The largest absolute Gasteiger partial charge is 0.310 e. The molecule has 0 N–H and O–H groups in total. The van der Waals surface area contributed by atoms with Crippen molar-refractivity contribution in [3.8, 4) is 0 Å². The van der Waals surface area contributed by atoms with Crippen molar-refractivity contribution in [2.24, 2.45) is 0 Å². The van der Waals surface area contributed by atoms with Gasteiger partial charge in [-0.1, -0.05) is 218 Å². The van der Waals surface area contributed by atoms with Crippen LogP contribution in [0.25, 0.3) is 86.2 Å². The molecule has 444 valence electrons. The highest BCUT2D eigenvalue weighted by Crippen LogP contribution is 2.52. The van der Waals surface area contributed by atoms with Gasteiger partial charge in [0.1, 0.15) is 11.6 Å². The molecule has 0 bridgehead atoms. The van der Waals surface area contributed by atoms with Gasteiger partial charge in [0.05, 0.1) is 34.1 Å². The number of benzene rings is 16. The fraction of sp³-hybridized carbons (Fsp3) is 0.0227. The molecule has 6 nitrogen and oxygen atoms in total. The van der Waals surface area contributed by atoms with Crippen LogP contribution in [0.4, 0.5) is 68.5 Å². The first-order valence-electron chi connectivity index (χ1n) is 32.1. The van der Waals surface area contributed by atoms with E-state index in [9.17, 15) is 0 Å². The van der Waals surface area contributed by atoms with Crippen molar-refractivity contribution in [1.82, 2.24) is 9.97 Å². The summed E-state index contributed by atoms with van der Waals surface area (Å²) in [6.07, 6.45) is 3.76. The second kappa shape index (κ2) is 23.5. The van der Waals surface area contributed by atoms with E-state index in [1.807, 2.05) is 24.5 Å². The number of aryl methyl sites for hydroxylation is 2. The van der Waals surface area contributed by atoms with Gasteiger partial charge in [0.2, 0.25) is 0 Å². The zero-order valence-corrected chi connectivity index (χ0v) is 52.0. The molecule has 16 aromatic carbocycles. The van der Waals surface area contributed by atoms with Gasteiger partial charge < -0.3 is 9.80 Å². The molecule has 6 heteroatoms. The Kier molecular flexibility index (Phi) is 13.9. The highest BCUT2D eigenvalue weighted by molar-refractivity contribution is 6.31. The summed E-state index contributed by atoms with van der Waals surface area (Å²) in [5.41, 5.74) is 13.7. The Balaban J connectivity index is 0.000000146. The lowest BCUT2D eigenvalue weighted by Gasteiger charge is -2.30. The number of pyridine rings is 2. The van der Waals surface area contributed by atoms with Gasteiger partial charge in [-0.05, 0) is 188 Å². The highest BCUT2D eigenvalue weighted by atomic mass is 15.2. The molecule has 0 aliphatic rings. The minimum Gasteiger partial charge on any atom is -0.310 e. The Labute approximate surface area is 546 Å². The molecule has 18 aromatic rings. The molecule has 0 aliphatic heterocycles. The van der Waals surface area contributed by atoms with Gasteiger partial charge in [-0.15, -0.1) is 0 Å². The SMILES string of the molecule is Cc1cc(N(c2ccccn2)c2cccc3ccccc23)c2ccc3c(C)cc(N(c4ccccn4)c4cccc5ccccc45)c4ccc1c2c34.c1ccc(N(c2ccccc2)c2ccc3ccc4c(N(c5ccccc5)c5ccccc5)ccc5ccc2c3c54)cc1. The first-order chi connectivity index (χ1) is 46.5. The van der Waals surface area contributed by atoms with Gasteiger partial charge in [0.25, 0.3) is 0 Å². The molecule has 18 rings (SSSR count). The Morgan fingerprint density at radius 2 is 0.511 bits per heavy atom. The van der Waals surface area contributed by atoms with Crippen LogP contribution < -0.4 is 19.6 Å². The van der Waals surface area contributed by atoms with E-state index in [0.29, 0.717) is 0 Å². The zero-order chi connectivity index (χ0) is 62.6. The standard InChI is InChI=1S/C48H34N4.C40H28N2/c1-31-29-43(51(45-21-7-9-27-49-45)41-19-11-15-33-13-3-5-17-37(33)41)39-26-24-36-32(2)30-44(40-25-23-35(31)47(39)48(36)40)52(46-22-8-10-28-50-46)42-20-12-16-34-14-4-6-18-38(34)42;1-5-13-31(14-6-1)41(32-15-7-2-8-16-32)37-27-23-29-22-26-36-38(28-24-30-21-25-35(37)39(29)40(30)36)42(33-17-9-3-10-18-33)34-19-11-4-12-20-34/h3-30H,1-2H3;1-28H. The minimum atomic E-state index is 0.877. The zero-order valence-electron chi connectivity index (χ0n) is 52.0. The second-order valence-corrected chi connectivity index (χ2v) is 24.1. The van der Waals surface area contributed by atoms with Crippen LogP contribution in [0, 0.1) is 13.8 Å². The summed E-state index contributed by atoms with van der Waals surface area (Å²) >= 11 is 0. The number of rotatable bonds is 12. The van der Waals surface area contributed by atoms with Gasteiger partial charge in [-0.25, -0.2) is 9.97 Å². The third kappa shape index (κ3) is 9.50. The maximum atomic E-state index is 4.93. The fourth-order valence-electron chi connectivity index (χ4n) is 14.5. The quantitative estimate of drug-likeness (QED) is 0.114. The summed E-state index contributed by atoms with van der Waals surface area (Å²) in [6.45, 7) is 4.47.